The lowest BCUT2D eigenvalue weighted by molar-refractivity contribution is -0.385. The summed E-state index contributed by atoms with van der Waals surface area (Å²) in [6, 6.07) is 0.907. The van der Waals surface area contributed by atoms with E-state index in [2.05, 4.69) is 10.6 Å². The number of ether oxygens (including phenoxy) is 3. The number of rotatable bonds is 7. The van der Waals surface area contributed by atoms with Gasteiger partial charge in [0.05, 0.1) is 48.5 Å². The predicted molar refractivity (Wildman–Crippen MR) is 99.2 cm³/mol. The van der Waals surface area contributed by atoms with Crippen LogP contribution >= 0.6 is 0 Å². The largest absolute Gasteiger partial charge is 0.493 e. The van der Waals surface area contributed by atoms with E-state index in [1.54, 1.807) is 20.8 Å². The third-order valence-corrected chi connectivity index (χ3v) is 4.11. The Kier molecular flexibility index (Phi) is 6.45. The number of nitrogens with one attached hydrogen (secondary N) is 2. The summed E-state index contributed by atoms with van der Waals surface area (Å²) in [6.45, 7) is 5.13. The number of methoxy groups -OCH3 is 2. The molecule has 0 radical (unpaired) electrons. The smallest absolute Gasteiger partial charge is 0.338 e. The summed E-state index contributed by atoms with van der Waals surface area (Å²) >= 11 is 0. The Morgan fingerprint density at radius 2 is 1.86 bits per heavy atom. The fourth-order valence-corrected chi connectivity index (χ4v) is 2.92. The molecule has 0 aromatic heterocycles. The topological polar surface area (TPSA) is 129 Å². The molecule has 2 amide bonds. The standard InChI is InChI=1S/C18H23N3O7/c1-6-11-15(17(22)28-9(2)3)16(20-18(23)19-11)10-7-13(26-4)14(27-5)8-12(10)21(24)25/h7-9,16H,6H2,1-5H3,(H2,19,20,23). The van der Waals surface area contributed by atoms with Crippen LogP contribution in [0.1, 0.15) is 38.8 Å². The molecule has 28 heavy (non-hydrogen) atoms. The molecule has 152 valence electrons. The molecule has 1 aromatic rings. The van der Waals surface area contributed by atoms with Crippen LogP contribution in [0.4, 0.5) is 10.5 Å². The van der Waals surface area contributed by atoms with Gasteiger partial charge in [-0.05, 0) is 26.3 Å². The number of carbonyl (C=O) groups excluding carboxylic acids is 2. The number of hydrogen-bond acceptors (Lipinski definition) is 7. The molecule has 0 bridgehead atoms. The lowest BCUT2D eigenvalue weighted by Crippen LogP contribution is -2.46. The minimum atomic E-state index is -1.09. The fraction of sp³-hybridized carbons (Fsp3) is 0.444. The van der Waals surface area contributed by atoms with Gasteiger partial charge in [0.2, 0.25) is 0 Å². The van der Waals surface area contributed by atoms with Crippen molar-refractivity contribution < 1.29 is 28.7 Å². The van der Waals surface area contributed by atoms with Gasteiger partial charge in [-0.15, -0.1) is 0 Å². The van der Waals surface area contributed by atoms with Crippen molar-refractivity contribution >= 4 is 17.7 Å². The highest BCUT2D eigenvalue weighted by Gasteiger charge is 2.38. The van der Waals surface area contributed by atoms with E-state index in [1.807, 2.05) is 0 Å². The average molecular weight is 393 g/mol. The summed E-state index contributed by atoms with van der Waals surface area (Å²) in [4.78, 5) is 35.9. The molecule has 1 atom stereocenters. The van der Waals surface area contributed by atoms with E-state index >= 15 is 0 Å². The van der Waals surface area contributed by atoms with Gasteiger partial charge in [-0.3, -0.25) is 10.1 Å². The van der Waals surface area contributed by atoms with Gasteiger partial charge in [-0.2, -0.15) is 0 Å². The van der Waals surface area contributed by atoms with Crippen molar-refractivity contribution in [1.82, 2.24) is 10.6 Å². The first kappa shape index (κ1) is 21.0. The van der Waals surface area contributed by atoms with Crippen molar-refractivity contribution in [2.24, 2.45) is 0 Å². The number of hydrogen-bond donors (Lipinski definition) is 2. The second-order valence-corrected chi connectivity index (χ2v) is 6.25. The maximum Gasteiger partial charge on any atom is 0.338 e. The van der Waals surface area contributed by atoms with Crippen molar-refractivity contribution in [2.45, 2.75) is 39.3 Å². The van der Waals surface area contributed by atoms with E-state index in [4.69, 9.17) is 14.2 Å². The lowest BCUT2D eigenvalue weighted by atomic mass is 9.92. The summed E-state index contributed by atoms with van der Waals surface area (Å²) < 4.78 is 15.7. The van der Waals surface area contributed by atoms with Crippen LogP contribution in [0.2, 0.25) is 0 Å². The number of nitro benzene ring substituents is 1. The van der Waals surface area contributed by atoms with E-state index in [-0.39, 0.29) is 28.3 Å². The van der Waals surface area contributed by atoms with E-state index in [9.17, 15) is 19.7 Å². The van der Waals surface area contributed by atoms with Crippen LogP contribution in [0.25, 0.3) is 0 Å². The summed E-state index contributed by atoms with van der Waals surface area (Å²) in [5.41, 5.74) is 0.198. The molecule has 0 fully saturated rings. The number of benzene rings is 1. The van der Waals surface area contributed by atoms with Crippen molar-refractivity contribution in [3.63, 3.8) is 0 Å². The fourth-order valence-electron chi connectivity index (χ4n) is 2.92. The zero-order valence-corrected chi connectivity index (χ0v) is 16.3. The van der Waals surface area contributed by atoms with Crippen LogP contribution in [0.5, 0.6) is 11.5 Å². The van der Waals surface area contributed by atoms with Crippen molar-refractivity contribution in [2.75, 3.05) is 14.2 Å². The molecule has 10 nitrogen and oxygen atoms in total. The zero-order valence-electron chi connectivity index (χ0n) is 16.3. The number of allylic oxidation sites excluding steroid dienone is 1. The Hall–Kier alpha value is -3.30. The molecule has 1 heterocycles. The Bertz CT molecular complexity index is 833. The highest BCUT2D eigenvalue weighted by Crippen LogP contribution is 2.41. The minimum absolute atomic E-state index is 0.0826. The molecule has 1 aromatic carbocycles. The molecule has 10 heteroatoms. The first-order chi connectivity index (χ1) is 13.2. The van der Waals surface area contributed by atoms with Crippen molar-refractivity contribution in [3.05, 3.63) is 39.1 Å². The molecule has 0 spiro atoms. The van der Waals surface area contributed by atoms with Crippen LogP contribution in [0, 0.1) is 10.1 Å². The molecule has 2 rings (SSSR count). The third-order valence-electron chi connectivity index (χ3n) is 4.11. The Morgan fingerprint density at radius 1 is 1.25 bits per heavy atom. The molecule has 2 N–H and O–H groups in total. The maximum absolute atomic E-state index is 12.7. The van der Waals surface area contributed by atoms with E-state index in [1.165, 1.54) is 26.4 Å². The first-order valence-electron chi connectivity index (χ1n) is 8.65. The van der Waals surface area contributed by atoms with Gasteiger partial charge in [-0.25, -0.2) is 9.59 Å². The van der Waals surface area contributed by atoms with Crippen molar-refractivity contribution in [3.8, 4) is 11.5 Å². The summed E-state index contributed by atoms with van der Waals surface area (Å²) in [5.74, 6) is -0.289. The summed E-state index contributed by atoms with van der Waals surface area (Å²) in [7, 11) is 2.74. The second kappa shape index (κ2) is 8.59. The summed E-state index contributed by atoms with van der Waals surface area (Å²) in [5, 5.41) is 16.8. The van der Waals surface area contributed by atoms with Crippen molar-refractivity contribution in [1.29, 1.82) is 0 Å². The quantitative estimate of drug-likeness (QED) is 0.414. The van der Waals surface area contributed by atoms with E-state index < -0.39 is 29.1 Å². The van der Waals surface area contributed by atoms with Gasteiger partial charge in [0.1, 0.15) is 0 Å². The Morgan fingerprint density at radius 3 is 2.36 bits per heavy atom. The number of esters is 1. The number of amides is 2. The van der Waals surface area contributed by atoms with Gasteiger partial charge in [0, 0.05) is 5.70 Å². The highest BCUT2D eigenvalue weighted by atomic mass is 16.6. The first-order valence-corrected chi connectivity index (χ1v) is 8.65. The van der Waals surface area contributed by atoms with Gasteiger partial charge >= 0.3 is 12.0 Å². The number of carbonyl (C=O) groups is 2. The van der Waals surface area contributed by atoms with Crippen LogP contribution in [0.15, 0.2) is 23.4 Å². The van der Waals surface area contributed by atoms with E-state index in [0.717, 1.165) is 0 Å². The Balaban J connectivity index is 2.72. The monoisotopic (exact) mass is 393 g/mol. The molecule has 1 aliphatic rings. The van der Waals surface area contributed by atoms with Gasteiger partial charge in [0.15, 0.2) is 11.5 Å². The number of nitro groups is 1. The van der Waals surface area contributed by atoms with Gasteiger partial charge in [-0.1, -0.05) is 6.92 Å². The molecule has 0 saturated carbocycles. The summed E-state index contributed by atoms with van der Waals surface area (Å²) in [6.07, 6.45) is -0.0788. The Labute approximate surface area is 162 Å². The van der Waals surface area contributed by atoms with Crippen LogP contribution in [-0.4, -0.2) is 37.2 Å². The second-order valence-electron chi connectivity index (χ2n) is 6.25. The van der Waals surface area contributed by atoms with Crippen LogP contribution in [0.3, 0.4) is 0 Å². The lowest BCUT2D eigenvalue weighted by Gasteiger charge is -2.29. The maximum atomic E-state index is 12.7. The van der Waals surface area contributed by atoms with E-state index in [0.29, 0.717) is 12.1 Å². The molecule has 0 aliphatic carbocycles. The molecular formula is C18H23N3O7. The van der Waals surface area contributed by atoms with Crippen LogP contribution < -0.4 is 20.1 Å². The van der Waals surface area contributed by atoms with Gasteiger partial charge < -0.3 is 24.8 Å². The van der Waals surface area contributed by atoms with Crippen LogP contribution in [-0.2, 0) is 9.53 Å². The minimum Gasteiger partial charge on any atom is -0.493 e. The normalized spacial score (nSPS) is 16.4. The SMILES string of the molecule is CCC1=C(C(=O)OC(C)C)C(c2cc(OC)c(OC)cc2[N+](=O)[O-])NC(=O)N1. The molecule has 1 aliphatic heterocycles. The molecular weight excluding hydrogens is 370 g/mol. The highest BCUT2D eigenvalue weighted by molar-refractivity contribution is 5.95. The molecule has 0 saturated heterocycles. The average Bonchev–Trinajstić information content (AvgIpc) is 2.65. The zero-order chi connectivity index (χ0) is 21.0. The molecule has 1 unspecified atom stereocenters. The number of nitrogens with zero attached hydrogens (tertiary/aromatic N) is 1. The number of urea groups is 1. The predicted octanol–water partition coefficient (Wildman–Crippen LogP) is 2.58. The van der Waals surface area contributed by atoms with Gasteiger partial charge in [0.25, 0.3) is 5.69 Å². The third kappa shape index (κ3) is 4.16.